The van der Waals surface area contributed by atoms with Crippen molar-refractivity contribution in [2.45, 2.75) is 12.6 Å². The maximum absolute atomic E-state index is 14.3. The summed E-state index contributed by atoms with van der Waals surface area (Å²) in [6.45, 7) is 0.223. The number of hydrogen-bond donors (Lipinski definition) is 1. The molecule has 244 valence electrons. The Morgan fingerprint density at radius 2 is 1.73 bits per heavy atom. The van der Waals surface area contributed by atoms with Crippen LogP contribution in [0.1, 0.15) is 28.3 Å². The van der Waals surface area contributed by atoms with E-state index in [1.807, 2.05) is 54.6 Å². The first-order valence-electron chi connectivity index (χ1n) is 14.5. The number of nitrogens with zero attached hydrogens (tertiary/aromatic N) is 2. The number of hydrogen-bond acceptors (Lipinski definition) is 9. The third-order valence-electron chi connectivity index (χ3n) is 7.68. The zero-order chi connectivity index (χ0) is 33.9. The van der Waals surface area contributed by atoms with Gasteiger partial charge in [0.2, 0.25) is 0 Å². The summed E-state index contributed by atoms with van der Waals surface area (Å²) < 4.78 is 24.8. The highest BCUT2D eigenvalue weighted by molar-refractivity contribution is 9.10. The van der Waals surface area contributed by atoms with Crippen LogP contribution in [0.2, 0.25) is 5.02 Å². The third kappa shape index (κ3) is 6.36. The van der Waals surface area contributed by atoms with Crippen molar-refractivity contribution in [3.8, 4) is 23.0 Å². The van der Waals surface area contributed by atoms with E-state index in [1.54, 1.807) is 30.3 Å². The Balaban J connectivity index is 1.51. The maximum Gasteiger partial charge on any atom is 0.338 e. The highest BCUT2D eigenvalue weighted by Crippen LogP contribution is 2.39. The van der Waals surface area contributed by atoms with Gasteiger partial charge in [0.15, 0.2) is 27.8 Å². The van der Waals surface area contributed by atoms with Crippen molar-refractivity contribution in [2.24, 2.45) is 4.99 Å². The Morgan fingerprint density at radius 3 is 2.44 bits per heavy atom. The van der Waals surface area contributed by atoms with Crippen LogP contribution in [0.3, 0.4) is 0 Å². The molecule has 12 heteroatoms. The minimum absolute atomic E-state index is 0.0839. The van der Waals surface area contributed by atoms with Gasteiger partial charge in [-0.2, -0.15) is 0 Å². The molecule has 2 heterocycles. The predicted molar refractivity (Wildman–Crippen MR) is 188 cm³/mol. The van der Waals surface area contributed by atoms with Gasteiger partial charge in [0.25, 0.3) is 5.56 Å². The zero-order valence-corrected chi connectivity index (χ0v) is 29.1. The Hall–Kier alpha value is -4.84. The molecule has 6 rings (SSSR count). The van der Waals surface area contributed by atoms with Crippen LogP contribution >= 0.6 is 38.9 Å². The standard InChI is InChI=1S/C36H28BrClN2O7S/c1-44-27-18-22(13-14-26(27)41)32-30(35(43)46-3)31(21-9-5-4-6-10-21)39-36-40(32)34(42)29(48-36)17-20-15-24(37)33(28(16-20)45-2)47-19-23-11-7-8-12-25(23)38/h4-18,32,41H,19H2,1-3H3/b29-17+/t32-/m0/s1. The van der Waals surface area contributed by atoms with Crippen molar-refractivity contribution in [1.29, 1.82) is 0 Å². The van der Waals surface area contributed by atoms with Gasteiger partial charge in [-0.15, -0.1) is 0 Å². The number of methoxy groups -OCH3 is 3. The molecule has 9 nitrogen and oxygen atoms in total. The van der Waals surface area contributed by atoms with Crippen molar-refractivity contribution in [3.05, 3.63) is 142 Å². The van der Waals surface area contributed by atoms with Gasteiger partial charge in [0.05, 0.1) is 47.6 Å². The van der Waals surface area contributed by atoms with Crippen molar-refractivity contribution < 1.29 is 28.8 Å². The number of thiazole rings is 1. The van der Waals surface area contributed by atoms with Gasteiger partial charge in [0.1, 0.15) is 6.61 Å². The Kier molecular flexibility index (Phi) is 9.72. The molecule has 0 bridgehead atoms. The van der Waals surface area contributed by atoms with Crippen LogP contribution in [0.4, 0.5) is 0 Å². The van der Waals surface area contributed by atoms with E-state index in [1.165, 1.54) is 43.3 Å². The Morgan fingerprint density at radius 1 is 1.00 bits per heavy atom. The number of aromatic nitrogens is 1. The zero-order valence-electron chi connectivity index (χ0n) is 25.9. The summed E-state index contributed by atoms with van der Waals surface area (Å²) in [7, 11) is 4.24. The number of phenolic OH excluding ortho intramolecular Hbond substituents is 1. The number of benzene rings is 4. The van der Waals surface area contributed by atoms with E-state index in [2.05, 4.69) is 15.9 Å². The summed E-state index contributed by atoms with van der Waals surface area (Å²) in [4.78, 5) is 33.0. The van der Waals surface area contributed by atoms with Crippen molar-refractivity contribution in [3.63, 3.8) is 0 Å². The molecule has 1 aromatic heterocycles. The smallest absolute Gasteiger partial charge is 0.338 e. The van der Waals surface area contributed by atoms with E-state index in [-0.39, 0.29) is 29.2 Å². The van der Waals surface area contributed by atoms with Gasteiger partial charge in [-0.1, -0.05) is 77.5 Å². The van der Waals surface area contributed by atoms with Gasteiger partial charge >= 0.3 is 5.97 Å². The highest BCUT2D eigenvalue weighted by Gasteiger charge is 2.35. The Labute approximate surface area is 292 Å². The number of aromatic hydroxyl groups is 1. The first-order chi connectivity index (χ1) is 23.2. The van der Waals surface area contributed by atoms with Crippen LogP contribution in [0.5, 0.6) is 23.0 Å². The fourth-order valence-electron chi connectivity index (χ4n) is 5.40. The highest BCUT2D eigenvalue weighted by atomic mass is 79.9. The molecule has 5 aromatic rings. The molecule has 0 aliphatic carbocycles. The molecule has 1 atom stereocenters. The second-order valence-electron chi connectivity index (χ2n) is 10.5. The number of fused-ring (bicyclic) bond motifs is 1. The van der Waals surface area contributed by atoms with Crippen molar-refractivity contribution in [1.82, 2.24) is 4.57 Å². The van der Waals surface area contributed by atoms with E-state index >= 15 is 0 Å². The number of rotatable bonds is 9. The molecule has 1 aliphatic rings. The lowest BCUT2D eigenvalue weighted by Crippen LogP contribution is -2.39. The average Bonchev–Trinajstić information content (AvgIpc) is 3.41. The number of ether oxygens (including phenoxy) is 4. The fraction of sp³-hybridized carbons (Fsp3) is 0.139. The predicted octanol–water partition coefficient (Wildman–Crippen LogP) is 6.26. The molecule has 0 radical (unpaired) electrons. The van der Waals surface area contributed by atoms with Crippen LogP contribution in [-0.4, -0.2) is 37.0 Å². The van der Waals surface area contributed by atoms with Gasteiger partial charge in [-0.25, -0.2) is 9.79 Å². The number of halogens is 2. The fourth-order valence-corrected chi connectivity index (χ4v) is 7.17. The average molecular weight is 748 g/mol. The Bertz CT molecular complexity index is 2250. The summed E-state index contributed by atoms with van der Waals surface area (Å²) in [5, 5.41) is 10.9. The molecule has 0 saturated carbocycles. The topological polar surface area (TPSA) is 109 Å². The molecule has 0 amide bonds. The van der Waals surface area contributed by atoms with E-state index in [0.717, 1.165) is 5.56 Å². The summed E-state index contributed by atoms with van der Waals surface area (Å²) in [5.41, 5.74) is 2.83. The van der Waals surface area contributed by atoms with E-state index in [4.69, 9.17) is 35.5 Å². The van der Waals surface area contributed by atoms with Crippen molar-refractivity contribution in [2.75, 3.05) is 21.3 Å². The maximum atomic E-state index is 14.3. The lowest BCUT2D eigenvalue weighted by Gasteiger charge is -2.26. The quantitative estimate of drug-likeness (QED) is 0.177. The second kappa shape index (κ2) is 14.1. The molecule has 0 unspecified atom stereocenters. The summed E-state index contributed by atoms with van der Waals surface area (Å²) in [5.74, 6) is 0.381. The molecule has 4 aromatic carbocycles. The van der Waals surface area contributed by atoms with Gasteiger partial charge in [-0.3, -0.25) is 9.36 Å². The molecule has 0 fully saturated rings. The largest absolute Gasteiger partial charge is 0.504 e. The molecule has 1 aliphatic heterocycles. The first-order valence-corrected chi connectivity index (χ1v) is 16.5. The first kappa shape index (κ1) is 33.1. The SMILES string of the molecule is COC(=O)C1=C(c2ccccc2)N=c2s/c(=C/c3cc(Br)c(OCc4ccccc4Cl)c(OC)c3)c(=O)n2[C@H]1c1ccc(O)c(OC)c1. The van der Waals surface area contributed by atoms with Crippen LogP contribution in [0, 0.1) is 0 Å². The minimum Gasteiger partial charge on any atom is -0.504 e. The van der Waals surface area contributed by atoms with E-state index < -0.39 is 12.0 Å². The van der Waals surface area contributed by atoms with Crippen LogP contribution < -0.4 is 29.1 Å². The lowest BCUT2D eigenvalue weighted by atomic mass is 9.93. The normalized spacial score (nSPS) is 14.3. The number of esters is 1. The van der Waals surface area contributed by atoms with Crippen molar-refractivity contribution >= 4 is 56.6 Å². The number of carbonyl (C=O) groups is 1. The molecule has 48 heavy (non-hydrogen) atoms. The minimum atomic E-state index is -0.942. The molecular formula is C36H28BrClN2O7S. The molecule has 0 saturated heterocycles. The van der Waals surface area contributed by atoms with Crippen LogP contribution in [0.15, 0.2) is 105 Å². The van der Waals surface area contributed by atoms with Gasteiger partial charge in [-0.05, 0) is 63.5 Å². The second-order valence-corrected chi connectivity index (χ2v) is 12.8. The van der Waals surface area contributed by atoms with E-state index in [0.29, 0.717) is 52.7 Å². The van der Waals surface area contributed by atoms with E-state index in [9.17, 15) is 14.7 Å². The summed E-state index contributed by atoms with van der Waals surface area (Å²) in [6.07, 6.45) is 1.73. The van der Waals surface area contributed by atoms with Crippen LogP contribution in [0.25, 0.3) is 11.8 Å². The monoisotopic (exact) mass is 746 g/mol. The molecule has 1 N–H and O–H groups in total. The summed E-state index contributed by atoms with van der Waals surface area (Å²) in [6, 6.07) is 24.0. The summed E-state index contributed by atoms with van der Waals surface area (Å²) >= 11 is 11.1. The van der Waals surface area contributed by atoms with Gasteiger partial charge in [0, 0.05) is 16.1 Å². The molecular weight excluding hydrogens is 720 g/mol. The molecule has 0 spiro atoms. The number of phenols is 1. The van der Waals surface area contributed by atoms with Gasteiger partial charge < -0.3 is 24.1 Å². The lowest BCUT2D eigenvalue weighted by molar-refractivity contribution is -0.136. The number of carbonyl (C=O) groups excluding carboxylic acids is 1. The van der Waals surface area contributed by atoms with Crippen LogP contribution in [-0.2, 0) is 16.1 Å². The third-order valence-corrected chi connectivity index (χ3v) is 9.62.